The summed E-state index contributed by atoms with van der Waals surface area (Å²) in [5, 5.41) is 14.0. The number of rotatable bonds is 7. The average Bonchev–Trinajstić information content (AvgIpc) is 3.36. The molecule has 2 aromatic rings. The second-order valence-electron chi connectivity index (χ2n) is 8.97. The van der Waals surface area contributed by atoms with Crippen LogP contribution in [0.5, 0.6) is 0 Å². The Labute approximate surface area is 203 Å². The number of nitrogens with zero attached hydrogens (tertiary/aromatic N) is 4. The van der Waals surface area contributed by atoms with Crippen LogP contribution < -0.4 is 10.6 Å². The molecule has 0 spiro atoms. The highest BCUT2D eigenvalue weighted by Gasteiger charge is 2.30. The van der Waals surface area contributed by atoms with Gasteiger partial charge < -0.3 is 15.5 Å². The average molecular weight is 485 g/mol. The molecular weight excluding hydrogens is 452 g/mol. The zero-order valence-electron chi connectivity index (χ0n) is 19.5. The molecule has 1 aromatic carbocycles. The van der Waals surface area contributed by atoms with Gasteiger partial charge in [0.1, 0.15) is 0 Å². The second-order valence-corrected chi connectivity index (χ2v) is 9.95. The summed E-state index contributed by atoms with van der Waals surface area (Å²) in [6, 6.07) is 9.65. The highest BCUT2D eigenvalue weighted by atomic mass is 32.1. The number of para-hydroxylation sites is 1. The fraction of sp³-hybridized carbons (Fsp3) is 0.542. The maximum atomic E-state index is 12.8. The Morgan fingerprint density at radius 3 is 2.47 bits per heavy atom. The summed E-state index contributed by atoms with van der Waals surface area (Å²) >= 11 is 0.984. The van der Waals surface area contributed by atoms with E-state index in [0.29, 0.717) is 44.2 Å². The van der Waals surface area contributed by atoms with Gasteiger partial charge in [-0.05, 0) is 51.3 Å². The third-order valence-electron chi connectivity index (χ3n) is 6.63. The largest absolute Gasteiger partial charge is 0.355 e. The highest BCUT2D eigenvalue weighted by molar-refractivity contribution is 7.15. The lowest BCUT2D eigenvalue weighted by Gasteiger charge is -2.34. The lowest BCUT2D eigenvalue weighted by atomic mass is 9.96. The summed E-state index contributed by atoms with van der Waals surface area (Å²) in [4.78, 5) is 42.0. The number of carbonyl (C=O) groups excluding carboxylic acids is 3. The number of piperidine rings is 2. The normalized spacial score (nSPS) is 19.6. The number of aromatic nitrogens is 2. The van der Waals surface area contributed by atoms with Crippen LogP contribution >= 0.6 is 11.3 Å². The van der Waals surface area contributed by atoms with Crippen LogP contribution in [0.4, 0.5) is 5.69 Å². The molecule has 3 heterocycles. The second kappa shape index (κ2) is 11.5. The Hall–Kier alpha value is -2.85. The molecule has 0 bridgehead atoms. The van der Waals surface area contributed by atoms with Crippen molar-refractivity contribution in [2.24, 2.45) is 5.92 Å². The van der Waals surface area contributed by atoms with E-state index in [0.717, 1.165) is 24.4 Å². The van der Waals surface area contributed by atoms with Crippen LogP contribution in [0.2, 0.25) is 0 Å². The van der Waals surface area contributed by atoms with Crippen molar-refractivity contribution >= 4 is 34.7 Å². The fourth-order valence-corrected chi connectivity index (χ4v) is 5.25. The molecular formula is C24H32N6O3S. The van der Waals surface area contributed by atoms with Crippen LogP contribution in [-0.4, -0.2) is 76.5 Å². The van der Waals surface area contributed by atoms with E-state index in [1.807, 2.05) is 18.2 Å². The van der Waals surface area contributed by atoms with Gasteiger partial charge in [-0.25, -0.2) is 0 Å². The van der Waals surface area contributed by atoms with Gasteiger partial charge in [-0.2, -0.15) is 0 Å². The maximum Gasteiger partial charge on any atom is 0.286 e. The van der Waals surface area contributed by atoms with E-state index >= 15 is 0 Å². The summed E-state index contributed by atoms with van der Waals surface area (Å²) in [6.45, 7) is 5.90. The molecule has 0 radical (unpaired) electrons. The van der Waals surface area contributed by atoms with E-state index in [1.165, 1.54) is 19.3 Å². The molecule has 2 aliphatic rings. The lowest BCUT2D eigenvalue weighted by molar-refractivity contribution is -0.126. The van der Waals surface area contributed by atoms with Crippen molar-refractivity contribution in [2.75, 3.05) is 38.0 Å². The molecule has 2 saturated heterocycles. The molecule has 1 aromatic heterocycles. The quantitative estimate of drug-likeness (QED) is 0.626. The van der Waals surface area contributed by atoms with Crippen LogP contribution in [0, 0.1) is 5.92 Å². The van der Waals surface area contributed by atoms with Crippen molar-refractivity contribution in [1.82, 2.24) is 25.3 Å². The van der Waals surface area contributed by atoms with Crippen LogP contribution in [0.3, 0.4) is 0 Å². The smallest absolute Gasteiger partial charge is 0.286 e. The number of hydrogen-bond acceptors (Lipinski definition) is 7. The predicted octanol–water partition coefficient (Wildman–Crippen LogP) is 2.63. The molecule has 0 aliphatic carbocycles. The summed E-state index contributed by atoms with van der Waals surface area (Å²) in [7, 11) is 0. The molecule has 2 aliphatic heterocycles. The van der Waals surface area contributed by atoms with Crippen molar-refractivity contribution in [3.8, 4) is 0 Å². The van der Waals surface area contributed by atoms with E-state index in [-0.39, 0.29) is 27.7 Å². The highest BCUT2D eigenvalue weighted by Crippen LogP contribution is 2.21. The Morgan fingerprint density at radius 2 is 1.74 bits per heavy atom. The van der Waals surface area contributed by atoms with E-state index in [9.17, 15) is 14.4 Å². The van der Waals surface area contributed by atoms with Gasteiger partial charge in [0.25, 0.3) is 11.8 Å². The van der Waals surface area contributed by atoms with Gasteiger partial charge >= 0.3 is 0 Å². The number of carbonyl (C=O) groups is 3. The summed E-state index contributed by atoms with van der Waals surface area (Å²) in [5.41, 5.74) is 0.654. The molecule has 0 unspecified atom stereocenters. The van der Waals surface area contributed by atoms with Crippen molar-refractivity contribution in [1.29, 1.82) is 0 Å². The topological polar surface area (TPSA) is 108 Å². The minimum absolute atomic E-state index is 0.0764. The molecule has 0 saturated carbocycles. The van der Waals surface area contributed by atoms with Gasteiger partial charge in [0.05, 0.1) is 0 Å². The number of nitrogens with one attached hydrogen (secondary N) is 2. The van der Waals surface area contributed by atoms with Crippen LogP contribution in [-0.2, 0) is 4.79 Å². The number of hydrogen-bond donors (Lipinski definition) is 2. The SMILES string of the molecule is C[C@@H]1CCCCN1CCNC(=O)C1CCN(C(=O)c2nnc(C(=O)Nc3ccccc3)s2)CC1. The molecule has 2 fully saturated rings. The van der Waals surface area contributed by atoms with Crippen LogP contribution in [0.25, 0.3) is 0 Å². The van der Waals surface area contributed by atoms with Crippen molar-refractivity contribution < 1.29 is 14.4 Å². The van der Waals surface area contributed by atoms with Gasteiger partial charge in [-0.3, -0.25) is 19.3 Å². The van der Waals surface area contributed by atoms with Crippen LogP contribution in [0.1, 0.15) is 58.6 Å². The van der Waals surface area contributed by atoms with Crippen molar-refractivity contribution in [2.45, 2.75) is 45.1 Å². The molecule has 182 valence electrons. The van der Waals surface area contributed by atoms with Crippen molar-refractivity contribution in [3.05, 3.63) is 40.3 Å². The minimum Gasteiger partial charge on any atom is -0.355 e. The molecule has 1 atom stereocenters. The lowest BCUT2D eigenvalue weighted by Crippen LogP contribution is -2.46. The number of anilines is 1. The maximum absolute atomic E-state index is 12.8. The molecule has 10 heteroatoms. The molecule has 4 rings (SSSR count). The van der Waals surface area contributed by atoms with Gasteiger partial charge in [-0.1, -0.05) is 36.0 Å². The summed E-state index contributed by atoms with van der Waals surface area (Å²) in [6.07, 6.45) is 5.00. The Kier molecular flexibility index (Phi) is 8.23. The fourth-order valence-electron chi connectivity index (χ4n) is 4.54. The first-order valence-corrected chi connectivity index (χ1v) is 12.8. The summed E-state index contributed by atoms with van der Waals surface area (Å²) < 4.78 is 0. The van der Waals surface area contributed by atoms with Gasteiger partial charge in [0, 0.05) is 43.8 Å². The van der Waals surface area contributed by atoms with E-state index < -0.39 is 5.91 Å². The molecule has 9 nitrogen and oxygen atoms in total. The Balaban J connectivity index is 1.21. The predicted molar refractivity (Wildman–Crippen MR) is 131 cm³/mol. The first kappa shape index (κ1) is 24.3. The van der Waals surface area contributed by atoms with Crippen molar-refractivity contribution in [3.63, 3.8) is 0 Å². The summed E-state index contributed by atoms with van der Waals surface area (Å²) in [5.74, 6) is -0.636. The van der Waals surface area contributed by atoms with E-state index in [2.05, 4.69) is 32.7 Å². The number of amides is 3. The third kappa shape index (κ3) is 6.18. The first-order chi connectivity index (χ1) is 16.5. The van der Waals surface area contributed by atoms with Crippen LogP contribution in [0.15, 0.2) is 30.3 Å². The molecule has 2 N–H and O–H groups in total. The monoisotopic (exact) mass is 484 g/mol. The zero-order chi connectivity index (χ0) is 23.9. The van der Waals surface area contributed by atoms with Gasteiger partial charge in [-0.15, -0.1) is 10.2 Å². The minimum atomic E-state index is -0.392. The zero-order valence-corrected chi connectivity index (χ0v) is 20.4. The van der Waals surface area contributed by atoms with Gasteiger partial charge in [0.2, 0.25) is 15.9 Å². The third-order valence-corrected chi connectivity index (χ3v) is 7.54. The number of likely N-dealkylation sites (tertiary alicyclic amines) is 2. The number of benzene rings is 1. The van der Waals surface area contributed by atoms with E-state index in [4.69, 9.17) is 0 Å². The van der Waals surface area contributed by atoms with E-state index in [1.54, 1.807) is 17.0 Å². The van der Waals surface area contributed by atoms with Gasteiger partial charge in [0.15, 0.2) is 0 Å². The molecule has 34 heavy (non-hydrogen) atoms. The Morgan fingerprint density at radius 1 is 1.00 bits per heavy atom. The standard InChI is InChI=1S/C24H32N6O3S/c1-17-7-5-6-13-29(17)16-12-25-20(31)18-10-14-30(15-11-18)24(33)23-28-27-22(34-23)21(32)26-19-8-3-2-4-9-19/h2-4,8-9,17-18H,5-7,10-16H2,1H3,(H,25,31)(H,26,32)/t17-/m1/s1. The molecule has 3 amide bonds. The first-order valence-electron chi connectivity index (χ1n) is 12.0. The Bertz CT molecular complexity index is 990.